The lowest BCUT2D eigenvalue weighted by Crippen LogP contribution is -2.60. The molecule has 0 amide bonds. The number of nitrogens with zero attached hydrogens (tertiary/aromatic N) is 6. The first kappa shape index (κ1) is 21.9. The number of hydrogen-bond acceptors (Lipinski definition) is 11. The van der Waals surface area contributed by atoms with E-state index in [1.54, 1.807) is 0 Å². The van der Waals surface area contributed by atoms with Gasteiger partial charge in [0.2, 0.25) is 0 Å². The highest BCUT2D eigenvalue weighted by Gasteiger charge is 2.49. The molecular weight excluding hydrogens is 388 g/mol. The Morgan fingerprint density at radius 1 is 0.741 bits per heavy atom. The molecule has 2 fully saturated rings. The normalized spacial score (nSPS) is 44.8. The molecule has 0 spiro atoms. The van der Waals surface area contributed by atoms with Crippen LogP contribution in [-0.4, -0.2) is 103 Å². The molecule has 0 aliphatic carbocycles. The van der Waals surface area contributed by atoms with E-state index in [1.807, 2.05) is 0 Å². The van der Waals surface area contributed by atoms with Crippen molar-refractivity contribution < 1.29 is 40.1 Å². The van der Waals surface area contributed by atoms with Crippen molar-refractivity contribution in [2.75, 3.05) is 13.2 Å². The first-order valence-electron chi connectivity index (χ1n) is 7.88. The van der Waals surface area contributed by atoms with Gasteiger partial charge in [0.05, 0.1) is 37.5 Å². The summed E-state index contributed by atoms with van der Waals surface area (Å²) in [6, 6.07) is -2.66. The summed E-state index contributed by atoms with van der Waals surface area (Å²) in [6.45, 7) is -1.26. The second-order valence-corrected chi connectivity index (χ2v) is 7.14. The SMILES string of the molecule is [N-]=[N+]=NC1[C@@H](O)C(CO)O[C@@H](S[C@@H]2OC(CO)[C@H](O)[C@@H](N=[N+]=[N-])C2O)[C@H]1O. The summed E-state index contributed by atoms with van der Waals surface area (Å²) < 4.78 is 10.8. The van der Waals surface area contributed by atoms with Crippen LogP contribution in [0, 0.1) is 0 Å². The van der Waals surface area contributed by atoms with Gasteiger partial charge < -0.3 is 40.1 Å². The molecular formula is C12H20N6O8S. The number of aliphatic hydroxyl groups excluding tert-OH is 6. The first-order chi connectivity index (χ1) is 12.9. The zero-order chi connectivity index (χ0) is 20.1. The molecule has 0 bridgehead atoms. The molecule has 0 aromatic heterocycles. The van der Waals surface area contributed by atoms with Gasteiger partial charge in [0, 0.05) is 9.82 Å². The highest BCUT2D eigenvalue weighted by molar-refractivity contribution is 8.00. The maximum absolute atomic E-state index is 10.3. The third-order valence-electron chi connectivity index (χ3n) is 4.34. The smallest absolute Gasteiger partial charge is 0.132 e. The minimum atomic E-state index is -1.52. The van der Waals surface area contributed by atoms with E-state index < -0.39 is 72.8 Å². The Labute approximate surface area is 156 Å². The van der Waals surface area contributed by atoms with Crippen molar-refractivity contribution in [1.29, 1.82) is 0 Å². The lowest BCUT2D eigenvalue weighted by molar-refractivity contribution is -0.170. The molecule has 2 aliphatic rings. The Morgan fingerprint density at radius 2 is 1.11 bits per heavy atom. The molecule has 2 aliphatic heterocycles. The molecule has 14 nitrogen and oxygen atoms in total. The van der Waals surface area contributed by atoms with Crippen LogP contribution >= 0.6 is 11.8 Å². The maximum Gasteiger partial charge on any atom is 0.132 e. The van der Waals surface area contributed by atoms with E-state index in [1.165, 1.54) is 0 Å². The molecule has 10 atom stereocenters. The lowest BCUT2D eigenvalue weighted by Gasteiger charge is -2.44. The minimum Gasteiger partial charge on any atom is -0.394 e. The third-order valence-corrected chi connectivity index (χ3v) is 5.65. The molecule has 152 valence electrons. The Kier molecular flexibility index (Phi) is 7.91. The second kappa shape index (κ2) is 9.73. The number of ether oxygens (including phenoxy) is 2. The lowest BCUT2D eigenvalue weighted by atomic mass is 9.98. The van der Waals surface area contributed by atoms with Gasteiger partial charge in [-0.25, -0.2) is 0 Å². The summed E-state index contributed by atoms with van der Waals surface area (Å²) in [5, 5.41) is 66.0. The van der Waals surface area contributed by atoms with Gasteiger partial charge in [-0.05, 0) is 11.1 Å². The molecule has 4 unspecified atom stereocenters. The molecule has 6 N–H and O–H groups in total. The van der Waals surface area contributed by atoms with Crippen LogP contribution in [-0.2, 0) is 9.47 Å². The van der Waals surface area contributed by atoms with Crippen LogP contribution in [0.2, 0.25) is 0 Å². The molecule has 2 rings (SSSR count). The van der Waals surface area contributed by atoms with Crippen molar-refractivity contribution in [2.45, 2.75) is 59.6 Å². The monoisotopic (exact) mass is 408 g/mol. The van der Waals surface area contributed by atoms with Gasteiger partial charge in [0.25, 0.3) is 0 Å². The van der Waals surface area contributed by atoms with Crippen molar-refractivity contribution in [2.24, 2.45) is 10.2 Å². The summed E-state index contributed by atoms with van der Waals surface area (Å²) in [7, 11) is 0. The van der Waals surface area contributed by atoms with E-state index in [4.69, 9.17) is 20.5 Å². The Balaban J connectivity index is 2.21. The van der Waals surface area contributed by atoms with Gasteiger partial charge in [-0.3, -0.25) is 0 Å². The number of azide groups is 2. The third kappa shape index (κ3) is 4.56. The second-order valence-electron chi connectivity index (χ2n) is 5.94. The molecule has 0 aromatic rings. The zero-order valence-electron chi connectivity index (χ0n) is 13.8. The fourth-order valence-corrected chi connectivity index (χ4v) is 4.21. The molecule has 0 saturated carbocycles. The van der Waals surface area contributed by atoms with E-state index >= 15 is 0 Å². The van der Waals surface area contributed by atoms with Crippen molar-refractivity contribution in [3.63, 3.8) is 0 Å². The van der Waals surface area contributed by atoms with Gasteiger partial charge in [-0.2, -0.15) is 0 Å². The summed E-state index contributed by atoms with van der Waals surface area (Å²) in [4.78, 5) is 5.11. The van der Waals surface area contributed by atoms with Gasteiger partial charge in [-0.15, -0.1) is 0 Å². The molecule has 0 radical (unpaired) electrons. The van der Waals surface area contributed by atoms with E-state index in [9.17, 15) is 30.6 Å². The van der Waals surface area contributed by atoms with E-state index in [-0.39, 0.29) is 0 Å². The number of aliphatic hydroxyl groups is 6. The molecule has 15 heteroatoms. The van der Waals surface area contributed by atoms with Crippen molar-refractivity contribution in [3.8, 4) is 0 Å². The zero-order valence-corrected chi connectivity index (χ0v) is 14.6. The maximum atomic E-state index is 10.3. The molecule has 0 aromatic carbocycles. The van der Waals surface area contributed by atoms with Crippen LogP contribution in [0.3, 0.4) is 0 Å². The molecule has 2 heterocycles. The Hall–Kier alpha value is -1.35. The van der Waals surface area contributed by atoms with E-state index in [0.717, 1.165) is 0 Å². The van der Waals surface area contributed by atoms with Crippen LogP contribution in [0.25, 0.3) is 20.9 Å². The summed E-state index contributed by atoms with van der Waals surface area (Å²) in [6.07, 6.45) is -8.30. The van der Waals surface area contributed by atoms with Crippen LogP contribution < -0.4 is 0 Å². The number of rotatable bonds is 6. The average Bonchev–Trinajstić information content (AvgIpc) is 2.66. The van der Waals surface area contributed by atoms with E-state index in [2.05, 4.69) is 20.1 Å². The van der Waals surface area contributed by atoms with Gasteiger partial charge in [0.1, 0.15) is 35.3 Å². The quantitative estimate of drug-likeness (QED) is 0.161. The number of thioether (sulfide) groups is 1. The summed E-state index contributed by atoms with van der Waals surface area (Å²) in [5.41, 5.74) is 14.8. The van der Waals surface area contributed by atoms with Crippen LogP contribution in [0.1, 0.15) is 0 Å². The highest BCUT2D eigenvalue weighted by Crippen LogP contribution is 2.37. The topological polar surface area (TPSA) is 237 Å². The predicted molar refractivity (Wildman–Crippen MR) is 89.0 cm³/mol. The largest absolute Gasteiger partial charge is 0.394 e. The molecule has 2 saturated heterocycles. The average molecular weight is 408 g/mol. The summed E-state index contributed by atoms with van der Waals surface area (Å²) >= 11 is 0.704. The minimum absolute atomic E-state index is 0.629. The van der Waals surface area contributed by atoms with Crippen molar-refractivity contribution in [3.05, 3.63) is 20.9 Å². The van der Waals surface area contributed by atoms with Gasteiger partial charge >= 0.3 is 0 Å². The Morgan fingerprint density at radius 3 is 1.41 bits per heavy atom. The fraction of sp³-hybridized carbons (Fsp3) is 1.00. The van der Waals surface area contributed by atoms with Crippen molar-refractivity contribution >= 4 is 11.8 Å². The number of hydrogen-bond donors (Lipinski definition) is 6. The standard InChI is InChI=1S/C12H20N6O8S/c13-17-15-5-7(21)3(1-19)25-11(9(5)23)27-12-10(24)6(16-18-14)8(22)4(2-20)26-12/h3-12,19-24H,1-2H2/t3?,4?,5-,6?,7+,8+,9?,10+,11+,12+/m1/s1. The van der Waals surface area contributed by atoms with Gasteiger partial charge in [-0.1, -0.05) is 22.0 Å². The van der Waals surface area contributed by atoms with E-state index in [0.29, 0.717) is 11.8 Å². The predicted octanol–water partition coefficient (Wildman–Crippen LogP) is -2.04. The Bertz CT molecular complexity index is 554. The summed E-state index contributed by atoms with van der Waals surface area (Å²) in [5.74, 6) is 0. The van der Waals surface area contributed by atoms with Crippen LogP contribution in [0.4, 0.5) is 0 Å². The van der Waals surface area contributed by atoms with Crippen LogP contribution in [0.5, 0.6) is 0 Å². The fourth-order valence-electron chi connectivity index (χ4n) is 2.88. The molecule has 27 heavy (non-hydrogen) atoms. The van der Waals surface area contributed by atoms with Crippen molar-refractivity contribution in [1.82, 2.24) is 0 Å². The highest BCUT2D eigenvalue weighted by atomic mass is 32.2. The first-order valence-corrected chi connectivity index (χ1v) is 8.82. The van der Waals surface area contributed by atoms with Gasteiger partial charge in [0.15, 0.2) is 0 Å². The van der Waals surface area contributed by atoms with Crippen LogP contribution in [0.15, 0.2) is 10.2 Å².